The molecule has 3 heterocycles. The first-order chi connectivity index (χ1) is 17.2. The fraction of sp³-hybridized carbons (Fsp3) is 0.379. The van der Waals surface area contributed by atoms with Crippen LogP contribution in [0.5, 0.6) is 0 Å². The van der Waals surface area contributed by atoms with Gasteiger partial charge in [-0.2, -0.15) is 0 Å². The van der Waals surface area contributed by atoms with E-state index in [2.05, 4.69) is 33.7 Å². The van der Waals surface area contributed by atoms with Crippen LogP contribution in [0, 0.1) is 11.8 Å². The molecule has 3 aliphatic rings. The van der Waals surface area contributed by atoms with Crippen LogP contribution in [0.2, 0.25) is 0 Å². The van der Waals surface area contributed by atoms with Crippen LogP contribution in [-0.2, 0) is 4.79 Å². The van der Waals surface area contributed by atoms with Crippen molar-refractivity contribution in [1.82, 2.24) is 10.2 Å². The Bertz CT molecular complexity index is 1190. The Labute approximate surface area is 205 Å². The average molecular weight is 470 g/mol. The van der Waals surface area contributed by atoms with Gasteiger partial charge in [-0.15, -0.1) is 0 Å². The number of amides is 2. The zero-order valence-corrected chi connectivity index (χ0v) is 19.7. The number of likely N-dealkylation sites (tertiary alicyclic amines) is 1. The summed E-state index contributed by atoms with van der Waals surface area (Å²) in [7, 11) is 0. The SMILES string of the molecule is O=C(N[C@@H]1CCCC[C@@H]1C(=O)N1CCC2C(c3ccco3)Nc3ccccc3C21)c1ccccc1. The van der Waals surface area contributed by atoms with Crippen LogP contribution in [0.3, 0.4) is 0 Å². The standard InChI is InChI=1S/C29H31N3O3/c33-28(19-9-2-1-3-10-19)31-24-14-7-5-12-21(24)29(34)32-17-16-22-26(25-15-8-18-35-25)30-23-13-6-4-11-20(23)27(22)32/h1-4,6,8-11,13,15,18,21-22,24,26-27,30H,5,7,12,14,16-17H2,(H,31,33)/t21-,22?,24+,26?,27?/m0/s1. The van der Waals surface area contributed by atoms with Gasteiger partial charge in [-0.05, 0) is 55.2 Å². The number of carbonyl (C=O) groups is 2. The van der Waals surface area contributed by atoms with E-state index in [1.165, 1.54) is 5.56 Å². The number of para-hydroxylation sites is 1. The second kappa shape index (κ2) is 9.25. The normalized spacial score (nSPS) is 27.4. The molecule has 1 saturated carbocycles. The number of anilines is 1. The summed E-state index contributed by atoms with van der Waals surface area (Å²) in [6.07, 6.45) is 6.33. The highest BCUT2D eigenvalue weighted by molar-refractivity contribution is 5.94. The zero-order valence-electron chi connectivity index (χ0n) is 19.7. The van der Waals surface area contributed by atoms with E-state index >= 15 is 0 Å². The first-order valence-electron chi connectivity index (χ1n) is 12.8. The van der Waals surface area contributed by atoms with Crippen molar-refractivity contribution in [2.75, 3.05) is 11.9 Å². The number of hydrogen-bond donors (Lipinski definition) is 2. The Hall–Kier alpha value is -3.54. The van der Waals surface area contributed by atoms with Crippen LogP contribution in [0.15, 0.2) is 77.4 Å². The Morgan fingerprint density at radius 1 is 0.914 bits per heavy atom. The lowest BCUT2D eigenvalue weighted by Gasteiger charge is -2.41. The predicted molar refractivity (Wildman–Crippen MR) is 134 cm³/mol. The van der Waals surface area contributed by atoms with Gasteiger partial charge < -0.3 is 20.0 Å². The van der Waals surface area contributed by atoms with E-state index < -0.39 is 0 Å². The largest absolute Gasteiger partial charge is 0.467 e. The third kappa shape index (κ3) is 4.01. The van der Waals surface area contributed by atoms with Crippen LogP contribution in [0.25, 0.3) is 0 Å². The van der Waals surface area contributed by atoms with E-state index in [1.807, 2.05) is 48.5 Å². The molecule has 0 radical (unpaired) electrons. The third-order valence-electron chi connectivity index (χ3n) is 8.03. The molecule has 35 heavy (non-hydrogen) atoms. The van der Waals surface area contributed by atoms with Crippen LogP contribution in [0.1, 0.15) is 65.9 Å². The minimum Gasteiger partial charge on any atom is -0.467 e. The van der Waals surface area contributed by atoms with Gasteiger partial charge in [0, 0.05) is 29.8 Å². The third-order valence-corrected chi connectivity index (χ3v) is 8.03. The van der Waals surface area contributed by atoms with Crippen molar-refractivity contribution in [2.24, 2.45) is 11.8 Å². The van der Waals surface area contributed by atoms with Gasteiger partial charge in [0.25, 0.3) is 5.91 Å². The molecule has 180 valence electrons. The summed E-state index contributed by atoms with van der Waals surface area (Å²) < 4.78 is 5.80. The number of nitrogens with zero attached hydrogens (tertiary/aromatic N) is 1. The number of carbonyl (C=O) groups excluding carboxylic acids is 2. The molecule has 5 atom stereocenters. The Morgan fingerprint density at radius 3 is 2.54 bits per heavy atom. The smallest absolute Gasteiger partial charge is 0.251 e. The number of hydrogen-bond acceptors (Lipinski definition) is 4. The number of fused-ring (bicyclic) bond motifs is 3. The molecule has 3 unspecified atom stereocenters. The highest BCUT2D eigenvalue weighted by Gasteiger charge is 2.49. The van der Waals surface area contributed by atoms with Crippen LogP contribution in [-0.4, -0.2) is 29.3 Å². The molecule has 6 nitrogen and oxygen atoms in total. The average Bonchev–Trinajstić information content (AvgIpc) is 3.60. The maximum Gasteiger partial charge on any atom is 0.251 e. The van der Waals surface area contributed by atoms with Gasteiger partial charge >= 0.3 is 0 Å². The maximum atomic E-state index is 14.1. The van der Waals surface area contributed by atoms with Crippen molar-refractivity contribution in [2.45, 2.75) is 50.2 Å². The molecule has 6 rings (SSSR count). The van der Waals surface area contributed by atoms with Gasteiger partial charge in [0.15, 0.2) is 0 Å². The Kier molecular flexibility index (Phi) is 5.80. The lowest BCUT2D eigenvalue weighted by atomic mass is 9.80. The molecule has 2 N–H and O–H groups in total. The second-order valence-electron chi connectivity index (χ2n) is 9.99. The maximum absolute atomic E-state index is 14.1. The predicted octanol–water partition coefficient (Wildman–Crippen LogP) is 5.32. The van der Waals surface area contributed by atoms with Crippen LogP contribution in [0.4, 0.5) is 5.69 Å². The Morgan fingerprint density at radius 2 is 1.71 bits per heavy atom. The summed E-state index contributed by atoms with van der Waals surface area (Å²) in [5.74, 6) is 1.03. The molecule has 6 heteroatoms. The summed E-state index contributed by atoms with van der Waals surface area (Å²) in [4.78, 5) is 29.1. The molecule has 0 spiro atoms. The van der Waals surface area contributed by atoms with Crippen LogP contribution >= 0.6 is 0 Å². The molecule has 0 bridgehead atoms. The monoisotopic (exact) mass is 469 g/mol. The van der Waals surface area contributed by atoms with Crippen molar-refractivity contribution >= 4 is 17.5 Å². The fourth-order valence-electron chi connectivity index (χ4n) is 6.38. The molecule has 2 aromatic carbocycles. The van der Waals surface area contributed by atoms with Crippen molar-refractivity contribution in [3.05, 3.63) is 89.9 Å². The van der Waals surface area contributed by atoms with E-state index in [-0.39, 0.29) is 41.8 Å². The van der Waals surface area contributed by atoms with Gasteiger partial charge in [-0.3, -0.25) is 9.59 Å². The summed E-state index contributed by atoms with van der Waals surface area (Å²) in [6.45, 7) is 0.719. The first-order valence-corrected chi connectivity index (χ1v) is 12.8. The van der Waals surface area contributed by atoms with Crippen molar-refractivity contribution < 1.29 is 14.0 Å². The second-order valence-corrected chi connectivity index (χ2v) is 9.99. The zero-order chi connectivity index (χ0) is 23.8. The fourth-order valence-corrected chi connectivity index (χ4v) is 6.38. The topological polar surface area (TPSA) is 74.6 Å². The summed E-state index contributed by atoms with van der Waals surface area (Å²) in [5, 5.41) is 6.87. The lowest BCUT2D eigenvalue weighted by Crippen LogP contribution is -2.50. The molecule has 1 aromatic heterocycles. The van der Waals surface area contributed by atoms with E-state index in [0.717, 1.165) is 50.1 Å². The van der Waals surface area contributed by atoms with Crippen molar-refractivity contribution in [3.8, 4) is 0 Å². The quantitative estimate of drug-likeness (QED) is 0.542. The van der Waals surface area contributed by atoms with E-state index in [9.17, 15) is 9.59 Å². The summed E-state index contributed by atoms with van der Waals surface area (Å²) in [6, 6.07) is 21.4. The highest BCUT2D eigenvalue weighted by Crippen LogP contribution is 2.51. The van der Waals surface area contributed by atoms with Crippen LogP contribution < -0.4 is 10.6 Å². The number of benzene rings is 2. The molecular formula is C29H31N3O3. The van der Waals surface area contributed by atoms with Gasteiger partial charge in [-0.1, -0.05) is 49.2 Å². The lowest BCUT2D eigenvalue weighted by molar-refractivity contribution is -0.138. The highest BCUT2D eigenvalue weighted by atomic mass is 16.3. The van der Waals surface area contributed by atoms with E-state index in [4.69, 9.17) is 4.42 Å². The number of nitrogens with one attached hydrogen (secondary N) is 2. The Balaban J connectivity index is 1.27. The number of rotatable bonds is 4. The van der Waals surface area contributed by atoms with Crippen molar-refractivity contribution in [3.63, 3.8) is 0 Å². The van der Waals surface area contributed by atoms with Gasteiger partial charge in [0.1, 0.15) is 5.76 Å². The number of furan rings is 1. The molecule has 1 aliphatic carbocycles. The molecule has 3 aromatic rings. The molecular weight excluding hydrogens is 438 g/mol. The van der Waals surface area contributed by atoms with Gasteiger partial charge in [0.2, 0.25) is 5.91 Å². The minimum absolute atomic E-state index is 0.00227. The first kappa shape index (κ1) is 22.0. The van der Waals surface area contributed by atoms with Crippen molar-refractivity contribution in [1.29, 1.82) is 0 Å². The molecule has 2 aliphatic heterocycles. The molecule has 2 fully saturated rings. The van der Waals surface area contributed by atoms with E-state index in [0.29, 0.717) is 5.56 Å². The molecule has 2 amide bonds. The van der Waals surface area contributed by atoms with Gasteiger partial charge in [0.05, 0.1) is 24.3 Å². The molecule has 1 saturated heterocycles. The minimum atomic E-state index is -0.195. The summed E-state index contributed by atoms with van der Waals surface area (Å²) >= 11 is 0. The van der Waals surface area contributed by atoms with Gasteiger partial charge in [-0.25, -0.2) is 0 Å². The summed E-state index contributed by atoms with van der Waals surface area (Å²) in [5.41, 5.74) is 2.87. The van der Waals surface area contributed by atoms with E-state index in [1.54, 1.807) is 6.26 Å².